The Morgan fingerprint density at radius 3 is 2.82 bits per heavy atom. The SMILES string of the molecule is Cc1c(Cl)cccc1-n1ncc(CCN)c1C. The second-order valence-electron chi connectivity index (χ2n) is 4.09. The van der Waals surface area contributed by atoms with E-state index in [0.29, 0.717) is 6.54 Å². The lowest BCUT2D eigenvalue weighted by molar-refractivity contribution is 0.835. The lowest BCUT2D eigenvalue weighted by Gasteiger charge is -2.09. The molecule has 0 unspecified atom stereocenters. The van der Waals surface area contributed by atoms with Gasteiger partial charge in [0, 0.05) is 10.7 Å². The third-order valence-electron chi connectivity index (χ3n) is 2.99. The molecule has 2 aromatic rings. The number of aromatic nitrogens is 2. The zero-order chi connectivity index (χ0) is 12.4. The van der Waals surface area contributed by atoms with Crippen LogP contribution in [-0.4, -0.2) is 16.3 Å². The van der Waals surface area contributed by atoms with E-state index >= 15 is 0 Å². The van der Waals surface area contributed by atoms with Crippen LogP contribution in [0.1, 0.15) is 16.8 Å². The van der Waals surface area contributed by atoms with Gasteiger partial charge < -0.3 is 5.73 Å². The van der Waals surface area contributed by atoms with E-state index in [2.05, 4.69) is 12.0 Å². The zero-order valence-electron chi connectivity index (χ0n) is 10.1. The molecule has 4 heteroatoms. The monoisotopic (exact) mass is 249 g/mol. The molecule has 1 heterocycles. The Morgan fingerprint density at radius 2 is 2.12 bits per heavy atom. The molecule has 0 bridgehead atoms. The summed E-state index contributed by atoms with van der Waals surface area (Å²) in [5.41, 5.74) is 9.95. The van der Waals surface area contributed by atoms with E-state index < -0.39 is 0 Å². The van der Waals surface area contributed by atoms with E-state index in [4.69, 9.17) is 17.3 Å². The number of rotatable bonds is 3. The molecule has 0 saturated heterocycles. The van der Waals surface area contributed by atoms with Crippen molar-refractivity contribution < 1.29 is 0 Å². The fraction of sp³-hybridized carbons (Fsp3) is 0.308. The lowest BCUT2D eigenvalue weighted by Crippen LogP contribution is -2.05. The van der Waals surface area contributed by atoms with Crippen molar-refractivity contribution in [2.45, 2.75) is 20.3 Å². The summed E-state index contributed by atoms with van der Waals surface area (Å²) in [4.78, 5) is 0. The maximum absolute atomic E-state index is 6.12. The number of benzene rings is 1. The van der Waals surface area contributed by atoms with Gasteiger partial charge in [-0.2, -0.15) is 5.10 Å². The number of hydrogen-bond donors (Lipinski definition) is 1. The summed E-state index contributed by atoms with van der Waals surface area (Å²) in [5, 5.41) is 5.17. The largest absolute Gasteiger partial charge is 0.330 e. The Hall–Kier alpha value is -1.32. The Kier molecular flexibility index (Phi) is 3.50. The van der Waals surface area contributed by atoms with E-state index in [0.717, 1.165) is 28.4 Å². The van der Waals surface area contributed by atoms with Gasteiger partial charge in [0.1, 0.15) is 0 Å². The molecule has 3 nitrogen and oxygen atoms in total. The molecule has 0 saturated carbocycles. The molecule has 0 fully saturated rings. The number of hydrogen-bond acceptors (Lipinski definition) is 2. The first-order valence-corrected chi connectivity index (χ1v) is 6.02. The molecular weight excluding hydrogens is 234 g/mol. The van der Waals surface area contributed by atoms with Gasteiger partial charge in [0.15, 0.2) is 0 Å². The molecule has 0 aliphatic carbocycles. The molecule has 90 valence electrons. The van der Waals surface area contributed by atoms with Gasteiger partial charge in [0.05, 0.1) is 11.9 Å². The Balaban J connectivity index is 2.50. The van der Waals surface area contributed by atoms with Crippen LogP contribution < -0.4 is 5.73 Å². The van der Waals surface area contributed by atoms with Crippen LogP contribution in [0.25, 0.3) is 5.69 Å². The standard InChI is InChI=1S/C13H16ClN3/c1-9-12(14)4-3-5-13(9)17-10(2)11(6-7-15)8-16-17/h3-5,8H,6-7,15H2,1-2H3. The van der Waals surface area contributed by atoms with Crippen molar-refractivity contribution in [1.82, 2.24) is 9.78 Å². The highest BCUT2D eigenvalue weighted by atomic mass is 35.5. The third kappa shape index (κ3) is 2.21. The number of halogens is 1. The predicted molar refractivity (Wildman–Crippen MR) is 70.8 cm³/mol. The van der Waals surface area contributed by atoms with Gasteiger partial charge in [-0.25, -0.2) is 4.68 Å². The summed E-state index contributed by atoms with van der Waals surface area (Å²) in [5.74, 6) is 0. The number of nitrogens with zero attached hydrogens (tertiary/aromatic N) is 2. The molecule has 0 spiro atoms. The van der Waals surface area contributed by atoms with E-state index in [1.54, 1.807) is 0 Å². The van der Waals surface area contributed by atoms with Crippen LogP contribution in [-0.2, 0) is 6.42 Å². The molecule has 17 heavy (non-hydrogen) atoms. The quantitative estimate of drug-likeness (QED) is 0.909. The van der Waals surface area contributed by atoms with Crippen LogP contribution in [0.2, 0.25) is 5.02 Å². The van der Waals surface area contributed by atoms with Crippen LogP contribution in [0.3, 0.4) is 0 Å². The summed E-state index contributed by atoms with van der Waals surface area (Å²) < 4.78 is 1.92. The molecule has 1 aromatic carbocycles. The molecule has 0 aliphatic heterocycles. The molecule has 1 aromatic heterocycles. The summed E-state index contributed by atoms with van der Waals surface area (Å²) in [7, 11) is 0. The molecule has 2 N–H and O–H groups in total. The highest BCUT2D eigenvalue weighted by molar-refractivity contribution is 6.31. The van der Waals surface area contributed by atoms with Crippen LogP contribution in [0.15, 0.2) is 24.4 Å². The molecule has 2 rings (SSSR count). The topological polar surface area (TPSA) is 43.8 Å². The smallest absolute Gasteiger partial charge is 0.0692 e. The van der Waals surface area contributed by atoms with Gasteiger partial charge in [-0.1, -0.05) is 17.7 Å². The van der Waals surface area contributed by atoms with Crippen molar-refractivity contribution in [2.75, 3.05) is 6.54 Å². The van der Waals surface area contributed by atoms with Gasteiger partial charge in [-0.05, 0) is 50.1 Å². The summed E-state index contributed by atoms with van der Waals surface area (Å²) in [6.07, 6.45) is 2.73. The maximum Gasteiger partial charge on any atom is 0.0692 e. The molecule has 0 amide bonds. The van der Waals surface area contributed by atoms with Crippen molar-refractivity contribution in [2.24, 2.45) is 5.73 Å². The molecule has 0 radical (unpaired) electrons. The van der Waals surface area contributed by atoms with Gasteiger partial charge in [-0.3, -0.25) is 0 Å². The fourth-order valence-electron chi connectivity index (χ4n) is 1.91. The Bertz CT molecular complexity index is 531. The zero-order valence-corrected chi connectivity index (χ0v) is 10.8. The van der Waals surface area contributed by atoms with Crippen molar-refractivity contribution >= 4 is 11.6 Å². The summed E-state index contributed by atoms with van der Waals surface area (Å²) >= 11 is 6.12. The van der Waals surface area contributed by atoms with E-state index in [1.807, 2.05) is 36.0 Å². The molecular formula is C13H16ClN3. The van der Waals surface area contributed by atoms with Crippen LogP contribution in [0, 0.1) is 13.8 Å². The highest BCUT2D eigenvalue weighted by Gasteiger charge is 2.10. The predicted octanol–water partition coefficient (Wildman–Crippen LogP) is 2.64. The first-order chi connectivity index (χ1) is 8.15. The number of nitrogens with two attached hydrogens (primary N) is 1. The van der Waals surface area contributed by atoms with Gasteiger partial charge in [0.2, 0.25) is 0 Å². The second kappa shape index (κ2) is 4.90. The van der Waals surface area contributed by atoms with E-state index in [9.17, 15) is 0 Å². The lowest BCUT2D eigenvalue weighted by atomic mass is 10.1. The van der Waals surface area contributed by atoms with Gasteiger partial charge in [-0.15, -0.1) is 0 Å². The van der Waals surface area contributed by atoms with Crippen LogP contribution in [0.5, 0.6) is 0 Å². The summed E-state index contributed by atoms with van der Waals surface area (Å²) in [6.45, 7) is 4.70. The fourth-order valence-corrected chi connectivity index (χ4v) is 2.08. The molecule has 0 atom stereocenters. The van der Waals surface area contributed by atoms with Gasteiger partial charge >= 0.3 is 0 Å². The normalized spacial score (nSPS) is 10.8. The van der Waals surface area contributed by atoms with Crippen molar-refractivity contribution in [1.29, 1.82) is 0 Å². The van der Waals surface area contributed by atoms with E-state index in [-0.39, 0.29) is 0 Å². The minimum Gasteiger partial charge on any atom is -0.330 e. The van der Waals surface area contributed by atoms with Crippen molar-refractivity contribution in [3.63, 3.8) is 0 Å². The minimum atomic E-state index is 0.640. The Morgan fingerprint density at radius 1 is 1.35 bits per heavy atom. The van der Waals surface area contributed by atoms with Crippen LogP contribution >= 0.6 is 11.6 Å². The average Bonchev–Trinajstić information content (AvgIpc) is 2.66. The minimum absolute atomic E-state index is 0.640. The van der Waals surface area contributed by atoms with E-state index in [1.165, 1.54) is 5.56 Å². The van der Waals surface area contributed by atoms with Crippen molar-refractivity contribution in [3.05, 3.63) is 46.2 Å². The first kappa shape index (κ1) is 12.1. The van der Waals surface area contributed by atoms with Crippen molar-refractivity contribution in [3.8, 4) is 5.69 Å². The molecule has 0 aliphatic rings. The second-order valence-corrected chi connectivity index (χ2v) is 4.50. The van der Waals surface area contributed by atoms with Crippen LogP contribution in [0.4, 0.5) is 0 Å². The van der Waals surface area contributed by atoms with Gasteiger partial charge in [0.25, 0.3) is 0 Å². The average molecular weight is 250 g/mol. The first-order valence-electron chi connectivity index (χ1n) is 5.64. The third-order valence-corrected chi connectivity index (χ3v) is 3.40. The maximum atomic E-state index is 6.12. The Labute approximate surface area is 106 Å². The highest BCUT2D eigenvalue weighted by Crippen LogP contribution is 2.23. The summed E-state index contributed by atoms with van der Waals surface area (Å²) in [6, 6.07) is 5.85.